The second-order valence-electron chi connectivity index (χ2n) is 7.38. The predicted molar refractivity (Wildman–Crippen MR) is 121 cm³/mol. The van der Waals surface area contributed by atoms with Gasteiger partial charge in [0.15, 0.2) is 11.7 Å². The van der Waals surface area contributed by atoms with E-state index in [0.717, 1.165) is 16.9 Å². The van der Waals surface area contributed by atoms with E-state index >= 15 is 0 Å². The molecule has 1 N–H and O–H groups in total. The summed E-state index contributed by atoms with van der Waals surface area (Å²) in [7, 11) is 0. The third-order valence-electron chi connectivity index (χ3n) is 5.00. The van der Waals surface area contributed by atoms with Crippen molar-refractivity contribution in [3.63, 3.8) is 0 Å². The van der Waals surface area contributed by atoms with Gasteiger partial charge in [-0.1, -0.05) is 29.4 Å². The molecular weight excluding hydrogens is 431 g/mol. The molecular formula is C23H23FN4O3S. The molecule has 4 rings (SSSR count). The number of hydrogen-bond donors (Lipinski definition) is 1. The Bertz CT molecular complexity index is 1090. The first-order valence-corrected chi connectivity index (χ1v) is 11.2. The van der Waals surface area contributed by atoms with E-state index in [1.54, 1.807) is 17.8 Å². The van der Waals surface area contributed by atoms with E-state index in [1.165, 1.54) is 19.4 Å². The van der Waals surface area contributed by atoms with Crippen LogP contribution in [0.4, 0.5) is 10.1 Å². The number of carbonyl (C=O) groups excluding carboxylic acids is 1. The zero-order valence-electron chi connectivity index (χ0n) is 17.6. The van der Waals surface area contributed by atoms with Crippen molar-refractivity contribution in [3.8, 4) is 11.1 Å². The molecule has 0 saturated carbocycles. The van der Waals surface area contributed by atoms with E-state index < -0.39 is 0 Å². The van der Waals surface area contributed by atoms with Crippen LogP contribution in [0.1, 0.15) is 18.3 Å². The molecule has 3 aromatic rings. The number of anilines is 1. The highest BCUT2D eigenvalue weighted by atomic mass is 32.2. The maximum Gasteiger partial charge on any atom is 0.217 e. The number of rotatable bonds is 8. The minimum atomic E-state index is -0.320. The van der Waals surface area contributed by atoms with Crippen LogP contribution in [0.2, 0.25) is 0 Å². The Morgan fingerprint density at radius 1 is 1.28 bits per heavy atom. The van der Waals surface area contributed by atoms with E-state index in [0.29, 0.717) is 41.8 Å². The van der Waals surface area contributed by atoms with Crippen LogP contribution < -0.4 is 10.2 Å². The van der Waals surface area contributed by atoms with Gasteiger partial charge in [0.05, 0.1) is 18.8 Å². The molecule has 1 atom stereocenters. The molecule has 2 aromatic carbocycles. The predicted octanol–water partition coefficient (Wildman–Crippen LogP) is 4.12. The quantitative estimate of drug-likeness (QED) is 0.548. The third kappa shape index (κ3) is 5.28. The van der Waals surface area contributed by atoms with Crippen molar-refractivity contribution < 1.29 is 18.4 Å². The lowest BCUT2D eigenvalue weighted by Crippen LogP contribution is -2.33. The second kappa shape index (κ2) is 9.86. The van der Waals surface area contributed by atoms with Crippen molar-refractivity contribution in [3.05, 3.63) is 78.5 Å². The summed E-state index contributed by atoms with van der Waals surface area (Å²) in [4.78, 5) is 16.9. The summed E-state index contributed by atoms with van der Waals surface area (Å²) in [5.74, 6) is 2.14. The Hall–Kier alpha value is -3.33. The molecule has 2 heterocycles. The standard InChI is InChI=1S/C23H23FN4O3S/c1-15(29)25-10-20-11-28(16(2)31-20)19-7-8-21(22(24)9-19)18-5-3-17(4-6-18)12-32-13-23-26-14-30-27-23/h3-9,14,20H,2,10-13H2,1H3,(H,25,29). The molecule has 0 radical (unpaired) electrons. The number of benzene rings is 2. The number of nitrogens with zero attached hydrogens (tertiary/aromatic N) is 3. The van der Waals surface area contributed by atoms with Gasteiger partial charge in [-0.2, -0.15) is 4.98 Å². The number of thioether (sulfide) groups is 1. The number of nitrogens with one attached hydrogen (secondary N) is 1. The number of hydrogen-bond acceptors (Lipinski definition) is 7. The molecule has 1 unspecified atom stereocenters. The van der Waals surface area contributed by atoms with Crippen molar-refractivity contribution in [2.75, 3.05) is 18.0 Å². The van der Waals surface area contributed by atoms with Crippen LogP contribution in [0.3, 0.4) is 0 Å². The first-order chi connectivity index (χ1) is 15.5. The molecule has 166 valence electrons. The van der Waals surface area contributed by atoms with Gasteiger partial charge in [-0.15, -0.1) is 11.8 Å². The van der Waals surface area contributed by atoms with E-state index in [-0.39, 0.29) is 17.8 Å². The number of amides is 1. The van der Waals surface area contributed by atoms with Crippen LogP contribution in [0, 0.1) is 5.82 Å². The van der Waals surface area contributed by atoms with Crippen LogP contribution in [0.5, 0.6) is 0 Å². The summed E-state index contributed by atoms with van der Waals surface area (Å²) in [5.41, 5.74) is 3.13. The molecule has 1 fully saturated rings. The van der Waals surface area contributed by atoms with E-state index in [1.807, 2.05) is 35.2 Å². The van der Waals surface area contributed by atoms with Crippen molar-refractivity contribution in [2.45, 2.75) is 24.5 Å². The first-order valence-electron chi connectivity index (χ1n) is 10.1. The number of aromatic nitrogens is 2. The van der Waals surface area contributed by atoms with Crippen LogP contribution in [-0.2, 0) is 21.0 Å². The molecule has 1 aliphatic rings. The lowest BCUT2D eigenvalue weighted by molar-refractivity contribution is -0.119. The van der Waals surface area contributed by atoms with Gasteiger partial charge in [0.1, 0.15) is 11.9 Å². The van der Waals surface area contributed by atoms with Gasteiger partial charge >= 0.3 is 0 Å². The van der Waals surface area contributed by atoms with Gasteiger partial charge in [0.25, 0.3) is 0 Å². The van der Waals surface area contributed by atoms with Gasteiger partial charge in [-0.25, -0.2) is 4.39 Å². The molecule has 32 heavy (non-hydrogen) atoms. The Morgan fingerprint density at radius 3 is 2.78 bits per heavy atom. The lowest BCUT2D eigenvalue weighted by Gasteiger charge is -2.17. The van der Waals surface area contributed by atoms with Crippen molar-refractivity contribution in [1.29, 1.82) is 0 Å². The summed E-state index contributed by atoms with van der Waals surface area (Å²) in [5, 5.41) is 6.52. The molecule has 1 amide bonds. The molecule has 0 bridgehead atoms. The monoisotopic (exact) mass is 454 g/mol. The highest BCUT2D eigenvalue weighted by Crippen LogP contribution is 2.31. The van der Waals surface area contributed by atoms with Gasteiger partial charge in [0, 0.05) is 23.9 Å². The SMILES string of the molecule is C=C1OC(CNC(C)=O)CN1c1ccc(-c2ccc(CSCc3ncon3)cc2)c(F)c1. The smallest absolute Gasteiger partial charge is 0.217 e. The Balaban J connectivity index is 1.38. The van der Waals surface area contributed by atoms with Crippen LogP contribution in [0.15, 0.2) is 65.8 Å². The van der Waals surface area contributed by atoms with Gasteiger partial charge in [-0.05, 0) is 35.9 Å². The van der Waals surface area contributed by atoms with E-state index in [9.17, 15) is 9.18 Å². The van der Waals surface area contributed by atoms with Crippen LogP contribution >= 0.6 is 11.8 Å². The fourth-order valence-electron chi connectivity index (χ4n) is 3.41. The van der Waals surface area contributed by atoms with E-state index in [4.69, 9.17) is 9.26 Å². The number of carbonyl (C=O) groups is 1. The molecule has 1 saturated heterocycles. The average molecular weight is 455 g/mol. The zero-order chi connectivity index (χ0) is 22.5. The third-order valence-corrected chi connectivity index (χ3v) is 6.00. The van der Waals surface area contributed by atoms with Crippen LogP contribution in [0.25, 0.3) is 11.1 Å². The fraction of sp³-hybridized carbons (Fsp3) is 0.261. The molecule has 9 heteroatoms. The number of halogens is 1. The topological polar surface area (TPSA) is 80.5 Å². The largest absolute Gasteiger partial charge is 0.472 e. The Labute approximate surface area is 189 Å². The van der Waals surface area contributed by atoms with Gasteiger partial charge in [0.2, 0.25) is 12.3 Å². The second-order valence-corrected chi connectivity index (χ2v) is 8.37. The van der Waals surface area contributed by atoms with Gasteiger partial charge < -0.3 is 19.5 Å². The summed E-state index contributed by atoms with van der Waals surface area (Å²) in [6.45, 7) is 6.23. The van der Waals surface area contributed by atoms with Crippen molar-refractivity contribution in [1.82, 2.24) is 15.5 Å². The van der Waals surface area contributed by atoms with Crippen LogP contribution in [-0.4, -0.2) is 35.2 Å². The highest BCUT2D eigenvalue weighted by molar-refractivity contribution is 7.97. The minimum Gasteiger partial charge on any atom is -0.472 e. The summed E-state index contributed by atoms with van der Waals surface area (Å²) >= 11 is 1.68. The molecule has 7 nitrogen and oxygen atoms in total. The fourth-order valence-corrected chi connectivity index (χ4v) is 4.25. The van der Waals surface area contributed by atoms with Gasteiger partial charge in [-0.3, -0.25) is 4.79 Å². The van der Waals surface area contributed by atoms with Crippen molar-refractivity contribution >= 4 is 23.4 Å². The minimum absolute atomic E-state index is 0.121. The van der Waals surface area contributed by atoms with E-state index in [2.05, 4.69) is 22.0 Å². The maximum absolute atomic E-state index is 14.9. The summed E-state index contributed by atoms with van der Waals surface area (Å²) in [6.07, 6.45) is 1.10. The Kier molecular flexibility index (Phi) is 6.75. The molecule has 0 aliphatic carbocycles. The summed E-state index contributed by atoms with van der Waals surface area (Å²) < 4.78 is 25.4. The first kappa shape index (κ1) is 21.9. The molecule has 0 spiro atoms. The zero-order valence-corrected chi connectivity index (χ0v) is 18.4. The normalized spacial score (nSPS) is 15.6. The summed E-state index contributed by atoms with van der Waals surface area (Å²) in [6, 6.07) is 12.9. The highest BCUT2D eigenvalue weighted by Gasteiger charge is 2.28. The lowest BCUT2D eigenvalue weighted by atomic mass is 10.0. The molecule has 1 aromatic heterocycles. The van der Waals surface area contributed by atoms with Crippen molar-refractivity contribution in [2.24, 2.45) is 0 Å². The Morgan fingerprint density at radius 2 is 2.09 bits per heavy atom. The average Bonchev–Trinajstić information content (AvgIpc) is 3.42. The number of ether oxygens (including phenoxy) is 1. The molecule has 1 aliphatic heterocycles. The maximum atomic E-state index is 14.9.